The number of carbonyl (C=O) groups is 2. The summed E-state index contributed by atoms with van der Waals surface area (Å²) in [6.45, 7) is 0.709. The van der Waals surface area contributed by atoms with Gasteiger partial charge in [0.1, 0.15) is 11.6 Å². The van der Waals surface area contributed by atoms with E-state index in [0.29, 0.717) is 19.4 Å². The van der Waals surface area contributed by atoms with Gasteiger partial charge in [-0.3, -0.25) is 9.59 Å². The Bertz CT molecular complexity index is 424. The predicted molar refractivity (Wildman–Crippen MR) is 62.6 cm³/mol. The zero-order chi connectivity index (χ0) is 12.1. The van der Waals surface area contributed by atoms with Crippen LogP contribution in [0.4, 0.5) is 0 Å². The Morgan fingerprint density at radius 3 is 2.29 bits per heavy atom. The third kappa shape index (κ3) is 3.06. The molecule has 0 radical (unpaired) electrons. The fourth-order valence-corrected chi connectivity index (χ4v) is 1.83. The van der Waals surface area contributed by atoms with Crippen molar-refractivity contribution in [3.8, 4) is 0 Å². The Balaban J connectivity index is 1.82. The molecule has 1 aromatic carbocycles. The maximum Gasteiger partial charge on any atom is 0.145 e. The van der Waals surface area contributed by atoms with Crippen LogP contribution in [0.2, 0.25) is 0 Å². The van der Waals surface area contributed by atoms with Crippen molar-refractivity contribution in [3.05, 3.63) is 35.9 Å². The lowest BCUT2D eigenvalue weighted by Gasteiger charge is -2.00. The third-order valence-electron chi connectivity index (χ3n) is 2.86. The Hall–Kier alpha value is -1.84. The van der Waals surface area contributed by atoms with E-state index in [-0.39, 0.29) is 18.1 Å². The number of Topliss-reactive ketones (excluding diaryl/α,β-unsaturated/α-hetero) is 2. The fourth-order valence-electron chi connectivity index (χ4n) is 1.83. The van der Waals surface area contributed by atoms with Crippen LogP contribution in [0, 0.1) is 5.92 Å². The molecule has 0 N–H and O–H groups in total. The van der Waals surface area contributed by atoms with Gasteiger partial charge < -0.3 is 0 Å². The number of hydrogen-bond acceptors (Lipinski definition) is 4. The van der Waals surface area contributed by atoms with Crippen LogP contribution in [-0.4, -0.2) is 18.1 Å². The normalized spacial score (nSPS) is 17.2. The van der Waals surface area contributed by atoms with Crippen molar-refractivity contribution in [2.24, 2.45) is 16.1 Å². The van der Waals surface area contributed by atoms with Crippen LogP contribution in [0.5, 0.6) is 0 Å². The molecule has 1 fully saturated rings. The molecule has 0 spiro atoms. The molecule has 1 aliphatic rings. The molecule has 1 aromatic rings. The number of carbonyl (C=O) groups excluding carboxylic acids is 2. The van der Waals surface area contributed by atoms with Crippen LogP contribution in [0.15, 0.2) is 40.6 Å². The number of benzene rings is 1. The Labute approximate surface area is 99.7 Å². The molecule has 0 unspecified atom stereocenters. The molecule has 0 atom stereocenters. The van der Waals surface area contributed by atoms with Gasteiger partial charge >= 0.3 is 0 Å². The third-order valence-corrected chi connectivity index (χ3v) is 2.86. The molecule has 1 saturated carbocycles. The minimum atomic E-state index is -0.533. The van der Waals surface area contributed by atoms with Gasteiger partial charge in [-0.05, 0) is 5.56 Å². The van der Waals surface area contributed by atoms with E-state index >= 15 is 0 Å². The molecule has 2 rings (SSSR count). The highest BCUT2D eigenvalue weighted by molar-refractivity contribution is 6.08. The SMILES string of the molecule is O=C1CCC(=O)C1CN=NCc1ccccc1. The van der Waals surface area contributed by atoms with E-state index in [9.17, 15) is 9.59 Å². The number of azo groups is 1. The number of ketones is 2. The van der Waals surface area contributed by atoms with E-state index in [4.69, 9.17) is 0 Å². The van der Waals surface area contributed by atoms with Gasteiger partial charge in [-0.25, -0.2) is 0 Å². The monoisotopic (exact) mass is 230 g/mol. The smallest absolute Gasteiger partial charge is 0.145 e. The summed E-state index contributed by atoms with van der Waals surface area (Å²) >= 11 is 0. The zero-order valence-electron chi connectivity index (χ0n) is 9.50. The van der Waals surface area contributed by atoms with Crippen molar-refractivity contribution in [2.75, 3.05) is 6.54 Å². The van der Waals surface area contributed by atoms with E-state index in [0.717, 1.165) is 5.56 Å². The fraction of sp³-hybridized carbons (Fsp3) is 0.385. The van der Waals surface area contributed by atoms with E-state index < -0.39 is 5.92 Å². The lowest BCUT2D eigenvalue weighted by molar-refractivity contribution is -0.126. The van der Waals surface area contributed by atoms with Crippen LogP contribution >= 0.6 is 0 Å². The van der Waals surface area contributed by atoms with Crippen molar-refractivity contribution >= 4 is 11.6 Å². The first-order valence-corrected chi connectivity index (χ1v) is 5.70. The summed E-state index contributed by atoms with van der Waals surface area (Å²) in [6.07, 6.45) is 0.745. The Morgan fingerprint density at radius 2 is 1.65 bits per heavy atom. The van der Waals surface area contributed by atoms with Gasteiger partial charge in [0, 0.05) is 12.8 Å². The van der Waals surface area contributed by atoms with Crippen molar-refractivity contribution in [3.63, 3.8) is 0 Å². The molecule has 0 aliphatic heterocycles. The summed E-state index contributed by atoms with van der Waals surface area (Å²) in [6, 6.07) is 9.75. The first-order chi connectivity index (χ1) is 8.27. The van der Waals surface area contributed by atoms with Gasteiger partial charge in [0.05, 0.1) is 19.0 Å². The Morgan fingerprint density at radius 1 is 1.00 bits per heavy atom. The van der Waals surface area contributed by atoms with Gasteiger partial charge in [-0.2, -0.15) is 10.2 Å². The maximum absolute atomic E-state index is 11.3. The lowest BCUT2D eigenvalue weighted by Crippen LogP contribution is -2.17. The molecule has 0 heterocycles. The number of rotatable bonds is 4. The quantitative estimate of drug-likeness (QED) is 0.588. The summed E-state index contributed by atoms with van der Waals surface area (Å²) < 4.78 is 0. The summed E-state index contributed by atoms with van der Waals surface area (Å²) in [5.41, 5.74) is 1.07. The highest BCUT2D eigenvalue weighted by atomic mass is 16.2. The molecule has 0 saturated heterocycles. The van der Waals surface area contributed by atoms with Gasteiger partial charge in [-0.1, -0.05) is 30.3 Å². The summed E-state index contributed by atoms with van der Waals surface area (Å²) in [4.78, 5) is 22.7. The molecule has 4 nitrogen and oxygen atoms in total. The average molecular weight is 230 g/mol. The maximum atomic E-state index is 11.3. The van der Waals surface area contributed by atoms with E-state index in [1.165, 1.54) is 0 Å². The van der Waals surface area contributed by atoms with Gasteiger partial charge in [0.25, 0.3) is 0 Å². The van der Waals surface area contributed by atoms with E-state index in [1.807, 2.05) is 30.3 Å². The lowest BCUT2D eigenvalue weighted by atomic mass is 10.1. The van der Waals surface area contributed by atoms with Gasteiger partial charge in [0.2, 0.25) is 0 Å². The predicted octanol–water partition coefficient (Wildman–Crippen LogP) is 2.19. The van der Waals surface area contributed by atoms with Crippen molar-refractivity contribution < 1.29 is 9.59 Å². The molecule has 4 heteroatoms. The van der Waals surface area contributed by atoms with Crippen LogP contribution in [0.1, 0.15) is 18.4 Å². The number of nitrogens with zero attached hydrogens (tertiary/aromatic N) is 2. The zero-order valence-corrected chi connectivity index (χ0v) is 9.50. The van der Waals surface area contributed by atoms with Gasteiger partial charge in [0.15, 0.2) is 0 Å². The minimum Gasteiger partial charge on any atom is -0.299 e. The first-order valence-electron chi connectivity index (χ1n) is 5.70. The van der Waals surface area contributed by atoms with E-state index in [1.54, 1.807) is 0 Å². The molecule has 88 valence electrons. The highest BCUT2D eigenvalue weighted by Crippen LogP contribution is 2.17. The second-order valence-electron chi connectivity index (χ2n) is 4.09. The number of hydrogen-bond donors (Lipinski definition) is 0. The second kappa shape index (κ2) is 5.48. The highest BCUT2D eigenvalue weighted by Gasteiger charge is 2.32. The minimum absolute atomic E-state index is 0.00802. The summed E-state index contributed by atoms with van der Waals surface area (Å²) in [7, 11) is 0. The molecule has 0 amide bonds. The molecule has 1 aliphatic carbocycles. The molecule has 0 bridgehead atoms. The average Bonchev–Trinajstić information content (AvgIpc) is 2.67. The second-order valence-corrected chi connectivity index (χ2v) is 4.09. The van der Waals surface area contributed by atoms with Crippen molar-refractivity contribution in [1.82, 2.24) is 0 Å². The molecule has 0 aromatic heterocycles. The van der Waals surface area contributed by atoms with Crippen LogP contribution in [0.25, 0.3) is 0 Å². The largest absolute Gasteiger partial charge is 0.299 e. The topological polar surface area (TPSA) is 58.9 Å². The van der Waals surface area contributed by atoms with E-state index in [2.05, 4.69) is 10.2 Å². The standard InChI is InChI=1S/C13H14N2O2/c16-12-6-7-13(17)11(12)9-15-14-8-10-4-2-1-3-5-10/h1-5,11H,6-9H2. The van der Waals surface area contributed by atoms with Crippen LogP contribution in [0.3, 0.4) is 0 Å². The van der Waals surface area contributed by atoms with Crippen LogP contribution in [-0.2, 0) is 16.1 Å². The van der Waals surface area contributed by atoms with Crippen molar-refractivity contribution in [2.45, 2.75) is 19.4 Å². The summed E-state index contributed by atoms with van der Waals surface area (Å²) in [5.74, 6) is -0.517. The van der Waals surface area contributed by atoms with Crippen LogP contribution < -0.4 is 0 Å². The molecular formula is C13H14N2O2. The summed E-state index contributed by atoms with van der Waals surface area (Å²) in [5, 5.41) is 7.93. The molecular weight excluding hydrogens is 216 g/mol. The van der Waals surface area contributed by atoms with Crippen molar-refractivity contribution in [1.29, 1.82) is 0 Å². The first kappa shape index (κ1) is 11.6. The molecule has 17 heavy (non-hydrogen) atoms. The van der Waals surface area contributed by atoms with Gasteiger partial charge in [-0.15, -0.1) is 0 Å². The Kier molecular flexibility index (Phi) is 3.75.